The standard InChI is InChI=1S/C26H19O5P/c27-23-14-16-25(21-12-6-4-10-19(21)23)30-32(29,18-8-2-1-3-9-18)31-26-17-15-24(28)20-11-5-7-13-22(20)26/h1-17,27-28H. The third-order valence-corrected chi connectivity index (χ3v) is 7.04. The van der Waals surface area contributed by atoms with Crippen LogP contribution in [0.3, 0.4) is 0 Å². The lowest BCUT2D eigenvalue weighted by molar-refractivity contribution is 0.401. The fourth-order valence-electron chi connectivity index (χ4n) is 3.66. The van der Waals surface area contributed by atoms with Gasteiger partial charge in [0.2, 0.25) is 0 Å². The van der Waals surface area contributed by atoms with Gasteiger partial charge >= 0.3 is 7.60 Å². The van der Waals surface area contributed by atoms with Crippen molar-refractivity contribution < 1.29 is 23.8 Å². The highest BCUT2D eigenvalue weighted by atomic mass is 31.2. The Balaban J connectivity index is 1.66. The summed E-state index contributed by atoms with van der Waals surface area (Å²) in [5.41, 5.74) is 0. The molecular formula is C26H19O5P. The highest BCUT2D eigenvalue weighted by molar-refractivity contribution is 7.63. The van der Waals surface area contributed by atoms with Gasteiger partial charge in [-0.1, -0.05) is 66.7 Å². The predicted molar refractivity (Wildman–Crippen MR) is 126 cm³/mol. The van der Waals surface area contributed by atoms with Gasteiger partial charge in [-0.2, -0.15) is 0 Å². The maximum Gasteiger partial charge on any atom is 0.462 e. The Morgan fingerprint density at radius 2 is 0.906 bits per heavy atom. The summed E-state index contributed by atoms with van der Waals surface area (Å²) in [6, 6.07) is 29.2. The van der Waals surface area contributed by atoms with Gasteiger partial charge in [0.1, 0.15) is 23.0 Å². The molecule has 0 bridgehead atoms. The Kier molecular flexibility index (Phi) is 4.96. The number of phenols is 2. The Morgan fingerprint density at radius 3 is 1.38 bits per heavy atom. The number of rotatable bonds is 5. The monoisotopic (exact) mass is 442 g/mol. The lowest BCUT2D eigenvalue weighted by atomic mass is 10.1. The van der Waals surface area contributed by atoms with Crippen molar-refractivity contribution >= 4 is 34.4 Å². The molecule has 158 valence electrons. The summed E-state index contributed by atoms with van der Waals surface area (Å²) in [7, 11) is -3.92. The highest BCUT2D eigenvalue weighted by Gasteiger charge is 2.32. The Labute approximate surface area is 184 Å². The van der Waals surface area contributed by atoms with Crippen molar-refractivity contribution in [1.82, 2.24) is 0 Å². The van der Waals surface area contributed by atoms with Gasteiger partial charge in [-0.05, 0) is 36.4 Å². The fraction of sp³-hybridized carbons (Fsp3) is 0. The van der Waals surface area contributed by atoms with Crippen molar-refractivity contribution in [2.45, 2.75) is 0 Å². The van der Waals surface area contributed by atoms with E-state index in [1.165, 1.54) is 12.1 Å². The van der Waals surface area contributed by atoms with Crippen LogP contribution < -0.4 is 14.4 Å². The summed E-state index contributed by atoms with van der Waals surface area (Å²) in [4.78, 5) is 0. The lowest BCUT2D eigenvalue weighted by Crippen LogP contribution is -2.14. The van der Waals surface area contributed by atoms with Crippen molar-refractivity contribution in [3.63, 3.8) is 0 Å². The number of benzene rings is 5. The van der Waals surface area contributed by atoms with Crippen LogP contribution in [0.25, 0.3) is 21.5 Å². The highest BCUT2D eigenvalue weighted by Crippen LogP contribution is 2.51. The van der Waals surface area contributed by atoms with Crippen LogP contribution in [0.1, 0.15) is 0 Å². The average molecular weight is 442 g/mol. The second kappa shape index (κ2) is 7.95. The largest absolute Gasteiger partial charge is 0.507 e. The van der Waals surface area contributed by atoms with Crippen LogP contribution in [0.2, 0.25) is 0 Å². The molecule has 0 heterocycles. The first kappa shape index (κ1) is 20.0. The summed E-state index contributed by atoms with van der Waals surface area (Å²) in [5.74, 6) is 0.864. The summed E-state index contributed by atoms with van der Waals surface area (Å²) in [6.07, 6.45) is 0. The van der Waals surface area contributed by atoms with E-state index in [1.54, 1.807) is 60.7 Å². The zero-order valence-electron chi connectivity index (χ0n) is 16.9. The van der Waals surface area contributed by atoms with E-state index in [-0.39, 0.29) is 11.5 Å². The van der Waals surface area contributed by atoms with E-state index in [0.717, 1.165) is 0 Å². The minimum Gasteiger partial charge on any atom is -0.507 e. The van der Waals surface area contributed by atoms with Crippen LogP contribution in [-0.2, 0) is 4.57 Å². The van der Waals surface area contributed by atoms with Gasteiger partial charge in [0.05, 0.1) is 5.30 Å². The molecule has 32 heavy (non-hydrogen) atoms. The van der Waals surface area contributed by atoms with E-state index in [1.807, 2.05) is 30.3 Å². The topological polar surface area (TPSA) is 76.0 Å². The van der Waals surface area contributed by atoms with Crippen LogP contribution in [0, 0.1) is 0 Å². The fourth-order valence-corrected chi connectivity index (χ4v) is 5.29. The molecular weight excluding hydrogens is 423 g/mol. The SMILES string of the molecule is O=P(Oc1ccc(O)c2ccccc12)(Oc1ccc(O)c2ccccc12)c1ccccc1. The molecule has 0 fully saturated rings. The molecule has 0 aliphatic rings. The van der Waals surface area contributed by atoms with Gasteiger partial charge in [-0.3, -0.25) is 0 Å². The number of hydrogen-bond acceptors (Lipinski definition) is 5. The van der Waals surface area contributed by atoms with Crippen LogP contribution in [0.4, 0.5) is 0 Å². The maximum absolute atomic E-state index is 14.2. The molecule has 6 heteroatoms. The normalized spacial score (nSPS) is 11.5. The summed E-state index contributed by atoms with van der Waals surface area (Å²) in [6.45, 7) is 0. The van der Waals surface area contributed by atoms with Crippen LogP contribution in [0.5, 0.6) is 23.0 Å². The molecule has 0 aliphatic carbocycles. The minimum atomic E-state index is -3.92. The van der Waals surface area contributed by atoms with Gasteiger partial charge in [0, 0.05) is 21.5 Å². The van der Waals surface area contributed by atoms with E-state index >= 15 is 0 Å². The van der Waals surface area contributed by atoms with Crippen molar-refractivity contribution in [2.75, 3.05) is 0 Å². The minimum absolute atomic E-state index is 0.105. The van der Waals surface area contributed by atoms with Crippen LogP contribution >= 0.6 is 7.60 Å². The molecule has 0 saturated carbocycles. The quantitative estimate of drug-likeness (QED) is 0.309. The number of fused-ring (bicyclic) bond motifs is 2. The number of phenolic OH excluding ortho intramolecular Hbond substituents is 2. The summed E-state index contributed by atoms with van der Waals surface area (Å²) < 4.78 is 26.4. The zero-order valence-corrected chi connectivity index (χ0v) is 17.8. The molecule has 5 rings (SSSR count). The molecule has 0 radical (unpaired) electrons. The van der Waals surface area contributed by atoms with Gasteiger partial charge in [-0.15, -0.1) is 0 Å². The molecule has 0 atom stereocenters. The Hall–Kier alpha value is -3.95. The van der Waals surface area contributed by atoms with E-state index in [9.17, 15) is 14.8 Å². The molecule has 5 aromatic rings. The average Bonchev–Trinajstić information content (AvgIpc) is 2.84. The van der Waals surface area contributed by atoms with E-state index in [4.69, 9.17) is 9.05 Å². The molecule has 0 saturated heterocycles. The molecule has 0 spiro atoms. The first-order valence-electron chi connectivity index (χ1n) is 10.0. The smallest absolute Gasteiger partial charge is 0.462 e. The second-order valence-electron chi connectivity index (χ2n) is 7.27. The summed E-state index contributed by atoms with van der Waals surface area (Å²) >= 11 is 0. The first-order chi connectivity index (χ1) is 15.5. The van der Waals surface area contributed by atoms with Crippen molar-refractivity contribution in [3.05, 3.63) is 103 Å². The third kappa shape index (κ3) is 3.53. The molecule has 0 amide bonds. The molecule has 2 N–H and O–H groups in total. The molecule has 0 aromatic heterocycles. The van der Waals surface area contributed by atoms with Crippen molar-refractivity contribution in [1.29, 1.82) is 0 Å². The predicted octanol–water partition coefficient (Wildman–Crippen LogP) is 6.38. The lowest BCUT2D eigenvalue weighted by Gasteiger charge is -2.22. The number of hydrogen-bond donors (Lipinski definition) is 2. The molecule has 0 unspecified atom stereocenters. The number of aromatic hydroxyl groups is 2. The van der Waals surface area contributed by atoms with Crippen LogP contribution in [0.15, 0.2) is 103 Å². The van der Waals surface area contributed by atoms with Gasteiger partial charge in [0.25, 0.3) is 0 Å². The third-order valence-electron chi connectivity index (χ3n) is 5.23. The molecule has 5 aromatic carbocycles. The van der Waals surface area contributed by atoms with Gasteiger partial charge in [-0.25, -0.2) is 4.57 Å². The van der Waals surface area contributed by atoms with E-state index < -0.39 is 7.60 Å². The second-order valence-corrected chi connectivity index (χ2v) is 9.15. The zero-order chi connectivity index (χ0) is 22.1. The Morgan fingerprint density at radius 1 is 0.500 bits per heavy atom. The van der Waals surface area contributed by atoms with Crippen molar-refractivity contribution in [2.24, 2.45) is 0 Å². The van der Waals surface area contributed by atoms with Gasteiger partial charge in [0.15, 0.2) is 0 Å². The molecule has 5 nitrogen and oxygen atoms in total. The van der Waals surface area contributed by atoms with Crippen LogP contribution in [-0.4, -0.2) is 10.2 Å². The Bertz CT molecular complexity index is 1390. The molecule has 0 aliphatic heterocycles. The van der Waals surface area contributed by atoms with E-state index in [0.29, 0.717) is 38.3 Å². The van der Waals surface area contributed by atoms with E-state index in [2.05, 4.69) is 0 Å². The maximum atomic E-state index is 14.2. The van der Waals surface area contributed by atoms with Gasteiger partial charge < -0.3 is 19.3 Å². The first-order valence-corrected chi connectivity index (χ1v) is 11.6. The van der Waals surface area contributed by atoms with Crippen molar-refractivity contribution in [3.8, 4) is 23.0 Å². The summed E-state index contributed by atoms with van der Waals surface area (Å²) in [5, 5.41) is 23.2.